The molecular weight excluding hydrogens is 327 g/mol. The maximum atomic E-state index is 13.8. The van der Waals surface area contributed by atoms with Crippen LogP contribution in [0.15, 0.2) is 30.5 Å². The van der Waals surface area contributed by atoms with Crippen molar-refractivity contribution in [2.24, 2.45) is 13.0 Å². The lowest BCUT2D eigenvalue weighted by Gasteiger charge is -2.42. The molecule has 4 nitrogen and oxygen atoms in total. The zero-order valence-electron chi connectivity index (χ0n) is 16.2. The quantitative estimate of drug-likeness (QED) is 0.837. The molecule has 26 heavy (non-hydrogen) atoms. The molecule has 2 atom stereocenters. The zero-order valence-corrected chi connectivity index (χ0v) is 16.2. The van der Waals surface area contributed by atoms with E-state index in [1.807, 2.05) is 24.0 Å². The first kappa shape index (κ1) is 17.5. The molecule has 2 saturated heterocycles. The highest BCUT2D eigenvalue weighted by Crippen LogP contribution is 2.44. The molecule has 1 aromatic carbocycles. The Kier molecular flexibility index (Phi) is 4.30. The van der Waals surface area contributed by atoms with Gasteiger partial charge in [0.25, 0.3) is 0 Å². The van der Waals surface area contributed by atoms with E-state index >= 15 is 0 Å². The monoisotopic (exact) mass is 356 g/mol. The van der Waals surface area contributed by atoms with Crippen LogP contribution in [0.4, 0.5) is 10.1 Å². The molecule has 0 amide bonds. The molecule has 4 rings (SSSR count). The number of benzene rings is 1. The Hall–Kier alpha value is -1.88. The van der Waals surface area contributed by atoms with Gasteiger partial charge in [0.2, 0.25) is 0 Å². The number of aryl methyl sites for hydroxylation is 1. The second kappa shape index (κ2) is 6.38. The van der Waals surface area contributed by atoms with Gasteiger partial charge in [0.05, 0.1) is 6.20 Å². The Bertz CT molecular complexity index is 797. The second-order valence-electron chi connectivity index (χ2n) is 8.60. The number of halogens is 1. The lowest BCUT2D eigenvalue weighted by Crippen LogP contribution is -2.48. The highest BCUT2D eigenvalue weighted by Gasteiger charge is 2.48. The van der Waals surface area contributed by atoms with E-state index in [2.05, 4.69) is 41.7 Å². The Balaban J connectivity index is 1.52. The average Bonchev–Trinajstić information content (AvgIpc) is 3.03. The standard InChI is InChI=1S/C21H29FN4/c1-15-17(12-23-24(15)4)14-25-9-8-20-16(13-25)11-21(2,3)26(20)19-7-5-6-18(22)10-19/h5-7,10,12,16,20H,8-9,11,13-14H2,1-4H3/t16-,20+/m1/s1. The summed E-state index contributed by atoms with van der Waals surface area (Å²) in [7, 11) is 2.00. The molecule has 0 radical (unpaired) electrons. The van der Waals surface area contributed by atoms with Crippen LogP contribution in [0.3, 0.4) is 0 Å². The fourth-order valence-electron chi connectivity index (χ4n) is 5.08. The van der Waals surface area contributed by atoms with Crippen molar-refractivity contribution in [1.82, 2.24) is 14.7 Å². The molecule has 0 bridgehead atoms. The van der Waals surface area contributed by atoms with Crippen LogP contribution in [0.5, 0.6) is 0 Å². The van der Waals surface area contributed by atoms with E-state index in [-0.39, 0.29) is 11.4 Å². The molecule has 2 aliphatic heterocycles. The number of fused-ring (bicyclic) bond motifs is 1. The Labute approximate surface area is 155 Å². The zero-order chi connectivity index (χ0) is 18.5. The third-order valence-electron chi connectivity index (χ3n) is 6.34. The molecule has 2 aromatic rings. The van der Waals surface area contributed by atoms with E-state index in [4.69, 9.17) is 0 Å². The van der Waals surface area contributed by atoms with Gasteiger partial charge in [-0.3, -0.25) is 9.58 Å². The first-order chi connectivity index (χ1) is 12.3. The molecule has 3 heterocycles. The van der Waals surface area contributed by atoms with E-state index in [1.54, 1.807) is 6.07 Å². The van der Waals surface area contributed by atoms with Crippen molar-refractivity contribution in [2.45, 2.75) is 51.7 Å². The van der Waals surface area contributed by atoms with Crippen LogP contribution in [-0.4, -0.2) is 39.4 Å². The number of likely N-dealkylation sites (tertiary alicyclic amines) is 1. The molecule has 2 fully saturated rings. The minimum atomic E-state index is -0.147. The van der Waals surface area contributed by atoms with Gasteiger partial charge < -0.3 is 4.90 Å². The van der Waals surface area contributed by atoms with Crippen molar-refractivity contribution >= 4 is 5.69 Å². The fourth-order valence-corrected chi connectivity index (χ4v) is 5.08. The molecular formula is C21H29FN4. The SMILES string of the molecule is Cc1c(CN2CC[C@H]3[C@@H](C2)CC(C)(C)N3c2cccc(F)c2)cnn1C. The minimum Gasteiger partial charge on any atom is -0.363 e. The van der Waals surface area contributed by atoms with Crippen LogP contribution < -0.4 is 4.90 Å². The lowest BCUT2D eigenvalue weighted by atomic mass is 9.89. The minimum absolute atomic E-state index is 0.0589. The van der Waals surface area contributed by atoms with E-state index in [0.717, 1.165) is 38.2 Å². The topological polar surface area (TPSA) is 24.3 Å². The number of anilines is 1. The second-order valence-corrected chi connectivity index (χ2v) is 8.60. The van der Waals surface area contributed by atoms with Gasteiger partial charge in [-0.2, -0.15) is 5.10 Å². The molecule has 0 unspecified atom stereocenters. The maximum absolute atomic E-state index is 13.8. The summed E-state index contributed by atoms with van der Waals surface area (Å²) in [6, 6.07) is 7.60. The van der Waals surface area contributed by atoms with Gasteiger partial charge in [-0.1, -0.05) is 6.07 Å². The Morgan fingerprint density at radius 1 is 1.31 bits per heavy atom. The summed E-state index contributed by atoms with van der Waals surface area (Å²) >= 11 is 0. The summed E-state index contributed by atoms with van der Waals surface area (Å²) in [5.41, 5.74) is 3.66. The normalized spacial score (nSPS) is 25.5. The Morgan fingerprint density at radius 2 is 2.12 bits per heavy atom. The van der Waals surface area contributed by atoms with Crippen LogP contribution in [0, 0.1) is 18.7 Å². The van der Waals surface area contributed by atoms with E-state index < -0.39 is 0 Å². The molecule has 140 valence electrons. The lowest BCUT2D eigenvalue weighted by molar-refractivity contribution is 0.161. The summed E-state index contributed by atoms with van der Waals surface area (Å²) in [6.07, 6.45) is 4.28. The van der Waals surface area contributed by atoms with Gasteiger partial charge in [-0.05, 0) is 57.7 Å². The average molecular weight is 356 g/mol. The smallest absolute Gasteiger partial charge is 0.125 e. The molecule has 5 heteroatoms. The summed E-state index contributed by atoms with van der Waals surface area (Å²) in [6.45, 7) is 9.89. The van der Waals surface area contributed by atoms with Crippen molar-refractivity contribution < 1.29 is 4.39 Å². The van der Waals surface area contributed by atoms with Gasteiger partial charge in [-0.15, -0.1) is 0 Å². The van der Waals surface area contributed by atoms with Crippen LogP contribution >= 0.6 is 0 Å². The number of hydrogen-bond donors (Lipinski definition) is 0. The summed E-state index contributed by atoms with van der Waals surface area (Å²) in [5, 5.41) is 4.38. The highest BCUT2D eigenvalue weighted by atomic mass is 19.1. The number of hydrogen-bond acceptors (Lipinski definition) is 3. The van der Waals surface area contributed by atoms with Gasteiger partial charge in [0.15, 0.2) is 0 Å². The van der Waals surface area contributed by atoms with Crippen molar-refractivity contribution in [1.29, 1.82) is 0 Å². The number of rotatable bonds is 3. The summed E-state index contributed by atoms with van der Waals surface area (Å²) < 4.78 is 15.7. The highest BCUT2D eigenvalue weighted by molar-refractivity contribution is 5.52. The number of nitrogens with zero attached hydrogens (tertiary/aromatic N) is 4. The van der Waals surface area contributed by atoms with E-state index in [0.29, 0.717) is 12.0 Å². The maximum Gasteiger partial charge on any atom is 0.125 e. The van der Waals surface area contributed by atoms with Crippen molar-refractivity contribution in [2.75, 3.05) is 18.0 Å². The van der Waals surface area contributed by atoms with Gasteiger partial charge >= 0.3 is 0 Å². The van der Waals surface area contributed by atoms with Crippen molar-refractivity contribution in [3.05, 3.63) is 47.5 Å². The first-order valence-corrected chi connectivity index (χ1v) is 9.60. The third kappa shape index (κ3) is 3.02. The molecule has 0 saturated carbocycles. The Morgan fingerprint density at radius 3 is 2.81 bits per heavy atom. The molecule has 0 N–H and O–H groups in total. The first-order valence-electron chi connectivity index (χ1n) is 9.60. The van der Waals surface area contributed by atoms with Gasteiger partial charge in [-0.25, -0.2) is 4.39 Å². The fraction of sp³-hybridized carbons (Fsp3) is 0.571. The van der Waals surface area contributed by atoms with Crippen molar-refractivity contribution in [3.8, 4) is 0 Å². The van der Waals surface area contributed by atoms with Gasteiger partial charge in [0, 0.05) is 55.2 Å². The third-order valence-corrected chi connectivity index (χ3v) is 6.34. The summed E-state index contributed by atoms with van der Waals surface area (Å²) in [5.74, 6) is 0.477. The molecule has 2 aliphatic rings. The van der Waals surface area contributed by atoms with Crippen molar-refractivity contribution in [3.63, 3.8) is 0 Å². The van der Waals surface area contributed by atoms with E-state index in [1.165, 1.54) is 17.3 Å². The predicted molar refractivity (Wildman–Crippen MR) is 103 cm³/mol. The summed E-state index contributed by atoms with van der Waals surface area (Å²) in [4.78, 5) is 5.05. The van der Waals surface area contributed by atoms with Crippen LogP contribution in [0.1, 0.15) is 37.9 Å². The van der Waals surface area contributed by atoms with Crippen LogP contribution in [0.2, 0.25) is 0 Å². The van der Waals surface area contributed by atoms with Crippen LogP contribution in [0.25, 0.3) is 0 Å². The van der Waals surface area contributed by atoms with E-state index in [9.17, 15) is 4.39 Å². The predicted octanol–water partition coefficient (Wildman–Crippen LogP) is 3.75. The molecule has 0 spiro atoms. The molecule has 1 aromatic heterocycles. The van der Waals surface area contributed by atoms with Gasteiger partial charge in [0.1, 0.15) is 5.82 Å². The van der Waals surface area contributed by atoms with Crippen LogP contribution in [-0.2, 0) is 13.6 Å². The molecule has 0 aliphatic carbocycles. The number of piperidine rings is 1. The number of aromatic nitrogens is 2. The largest absolute Gasteiger partial charge is 0.363 e.